The third kappa shape index (κ3) is 2.70. The number of nitrogens with one attached hydrogen (secondary N) is 2. The van der Waals surface area contributed by atoms with Crippen LogP contribution in [0.15, 0.2) is 12.3 Å². The van der Waals surface area contributed by atoms with E-state index < -0.39 is 0 Å². The Bertz CT molecular complexity index is 296. The SMILES string of the molecule is CCCNc1ccnc(C(=N)N)n1. The third-order valence-corrected chi connectivity index (χ3v) is 1.45. The lowest BCUT2D eigenvalue weighted by molar-refractivity contribution is 0.962. The second kappa shape index (κ2) is 4.39. The summed E-state index contributed by atoms with van der Waals surface area (Å²) < 4.78 is 0. The molecule has 1 heterocycles. The molecule has 5 nitrogen and oxygen atoms in total. The van der Waals surface area contributed by atoms with E-state index in [0.717, 1.165) is 13.0 Å². The molecule has 1 aromatic heterocycles. The van der Waals surface area contributed by atoms with Gasteiger partial charge in [-0.05, 0) is 12.5 Å². The van der Waals surface area contributed by atoms with Crippen molar-refractivity contribution in [2.24, 2.45) is 5.73 Å². The second-order valence-corrected chi connectivity index (χ2v) is 2.61. The maximum atomic E-state index is 7.13. The molecular weight excluding hydrogens is 166 g/mol. The normalized spacial score (nSPS) is 9.62. The van der Waals surface area contributed by atoms with Gasteiger partial charge in [-0.3, -0.25) is 5.41 Å². The topological polar surface area (TPSA) is 87.7 Å². The van der Waals surface area contributed by atoms with Gasteiger partial charge in [-0.2, -0.15) is 0 Å². The predicted octanol–water partition coefficient (Wildman–Crippen LogP) is 0.583. The standard InChI is InChI=1S/C8H13N5/c1-2-4-11-6-3-5-12-8(13-6)7(9)10/h3,5H,2,4H2,1H3,(H3,9,10)(H,11,12,13). The minimum Gasteiger partial charge on any atom is -0.381 e. The Morgan fingerprint density at radius 3 is 3.08 bits per heavy atom. The minimum absolute atomic E-state index is 0.111. The quantitative estimate of drug-likeness (QED) is 0.466. The Hall–Kier alpha value is -1.65. The molecule has 0 spiro atoms. The van der Waals surface area contributed by atoms with Gasteiger partial charge in [-0.25, -0.2) is 9.97 Å². The lowest BCUT2D eigenvalue weighted by Gasteiger charge is -2.03. The molecule has 70 valence electrons. The summed E-state index contributed by atoms with van der Waals surface area (Å²) in [4.78, 5) is 7.88. The first-order chi connectivity index (χ1) is 6.24. The van der Waals surface area contributed by atoms with E-state index in [9.17, 15) is 0 Å². The van der Waals surface area contributed by atoms with Crippen LogP contribution in [0.4, 0.5) is 5.82 Å². The molecule has 0 bridgehead atoms. The van der Waals surface area contributed by atoms with Crippen molar-refractivity contribution in [3.63, 3.8) is 0 Å². The van der Waals surface area contributed by atoms with Gasteiger partial charge in [0.2, 0.25) is 0 Å². The number of amidine groups is 1. The van der Waals surface area contributed by atoms with Crippen molar-refractivity contribution in [2.75, 3.05) is 11.9 Å². The molecule has 5 heteroatoms. The van der Waals surface area contributed by atoms with Crippen LogP contribution in [0.3, 0.4) is 0 Å². The molecule has 0 atom stereocenters. The third-order valence-electron chi connectivity index (χ3n) is 1.45. The molecule has 4 N–H and O–H groups in total. The molecule has 0 fully saturated rings. The van der Waals surface area contributed by atoms with E-state index in [1.807, 2.05) is 0 Å². The number of rotatable bonds is 4. The summed E-state index contributed by atoms with van der Waals surface area (Å²) in [5, 5.41) is 10.2. The van der Waals surface area contributed by atoms with Crippen LogP contribution in [0.5, 0.6) is 0 Å². The fourth-order valence-electron chi connectivity index (χ4n) is 0.840. The van der Waals surface area contributed by atoms with Gasteiger partial charge in [-0.15, -0.1) is 0 Å². The number of nitrogens with zero attached hydrogens (tertiary/aromatic N) is 2. The molecule has 0 aliphatic carbocycles. The average molecular weight is 179 g/mol. The Balaban J connectivity index is 2.73. The van der Waals surface area contributed by atoms with E-state index >= 15 is 0 Å². The van der Waals surface area contributed by atoms with Gasteiger partial charge >= 0.3 is 0 Å². The van der Waals surface area contributed by atoms with Crippen LogP contribution in [0.25, 0.3) is 0 Å². The molecule has 13 heavy (non-hydrogen) atoms. The van der Waals surface area contributed by atoms with Crippen molar-refractivity contribution < 1.29 is 0 Å². The smallest absolute Gasteiger partial charge is 0.196 e. The van der Waals surface area contributed by atoms with Crippen molar-refractivity contribution in [2.45, 2.75) is 13.3 Å². The maximum Gasteiger partial charge on any atom is 0.196 e. The van der Waals surface area contributed by atoms with Gasteiger partial charge in [0, 0.05) is 12.7 Å². The number of hydrogen-bond donors (Lipinski definition) is 3. The second-order valence-electron chi connectivity index (χ2n) is 2.61. The Labute approximate surface area is 76.9 Å². The number of nitrogens with two attached hydrogens (primary N) is 1. The lowest BCUT2D eigenvalue weighted by Crippen LogP contribution is -2.16. The Morgan fingerprint density at radius 2 is 2.46 bits per heavy atom. The number of nitrogen functional groups attached to an aromatic ring is 1. The first-order valence-electron chi connectivity index (χ1n) is 4.15. The Kier molecular flexibility index (Phi) is 3.19. The fraction of sp³-hybridized carbons (Fsp3) is 0.375. The van der Waals surface area contributed by atoms with Gasteiger partial charge in [0.1, 0.15) is 5.82 Å². The number of hydrogen-bond acceptors (Lipinski definition) is 4. The summed E-state index contributed by atoms with van der Waals surface area (Å²) in [6.07, 6.45) is 2.61. The first kappa shape index (κ1) is 9.44. The van der Waals surface area contributed by atoms with Crippen molar-refractivity contribution in [1.29, 1.82) is 5.41 Å². The number of anilines is 1. The first-order valence-corrected chi connectivity index (χ1v) is 4.15. The zero-order valence-corrected chi connectivity index (χ0v) is 7.54. The highest BCUT2D eigenvalue weighted by atomic mass is 15.0. The largest absolute Gasteiger partial charge is 0.381 e. The highest BCUT2D eigenvalue weighted by molar-refractivity contribution is 5.91. The summed E-state index contributed by atoms with van der Waals surface area (Å²) in [6.45, 7) is 2.93. The summed E-state index contributed by atoms with van der Waals surface area (Å²) in [5.74, 6) is 0.864. The molecule has 0 saturated heterocycles. The van der Waals surface area contributed by atoms with E-state index in [1.165, 1.54) is 0 Å². The molecule has 1 aromatic rings. The van der Waals surface area contributed by atoms with E-state index in [0.29, 0.717) is 5.82 Å². The monoisotopic (exact) mass is 179 g/mol. The minimum atomic E-state index is -0.111. The zero-order chi connectivity index (χ0) is 9.68. The highest BCUT2D eigenvalue weighted by Crippen LogP contribution is 2.00. The van der Waals surface area contributed by atoms with Crippen LogP contribution in [0, 0.1) is 5.41 Å². The molecule has 0 amide bonds. The summed E-state index contributed by atoms with van der Waals surface area (Å²) in [5.41, 5.74) is 5.24. The van der Waals surface area contributed by atoms with Crippen molar-refractivity contribution in [3.05, 3.63) is 18.1 Å². The molecule has 0 radical (unpaired) electrons. The van der Waals surface area contributed by atoms with Gasteiger partial charge < -0.3 is 11.1 Å². The van der Waals surface area contributed by atoms with E-state index in [1.54, 1.807) is 12.3 Å². The van der Waals surface area contributed by atoms with E-state index in [2.05, 4.69) is 22.2 Å². The van der Waals surface area contributed by atoms with Gasteiger partial charge in [0.25, 0.3) is 0 Å². The van der Waals surface area contributed by atoms with Crippen LogP contribution in [0.1, 0.15) is 19.2 Å². The molecular formula is C8H13N5. The van der Waals surface area contributed by atoms with Crippen molar-refractivity contribution in [3.8, 4) is 0 Å². The van der Waals surface area contributed by atoms with Gasteiger partial charge in [0.05, 0.1) is 0 Å². The molecule has 0 aliphatic heterocycles. The average Bonchev–Trinajstić information content (AvgIpc) is 2.15. The van der Waals surface area contributed by atoms with Gasteiger partial charge in [-0.1, -0.05) is 6.92 Å². The molecule has 1 rings (SSSR count). The summed E-state index contributed by atoms with van der Waals surface area (Å²) in [6, 6.07) is 1.75. The summed E-state index contributed by atoms with van der Waals surface area (Å²) in [7, 11) is 0. The molecule has 0 saturated carbocycles. The van der Waals surface area contributed by atoms with Gasteiger partial charge in [0.15, 0.2) is 11.7 Å². The Morgan fingerprint density at radius 1 is 1.69 bits per heavy atom. The van der Waals surface area contributed by atoms with Crippen LogP contribution < -0.4 is 11.1 Å². The van der Waals surface area contributed by atoms with Crippen LogP contribution >= 0.6 is 0 Å². The van der Waals surface area contributed by atoms with E-state index in [-0.39, 0.29) is 11.7 Å². The van der Waals surface area contributed by atoms with Crippen molar-refractivity contribution in [1.82, 2.24) is 9.97 Å². The zero-order valence-electron chi connectivity index (χ0n) is 7.54. The number of aromatic nitrogens is 2. The highest BCUT2D eigenvalue weighted by Gasteiger charge is 2.00. The summed E-state index contributed by atoms with van der Waals surface area (Å²) >= 11 is 0. The molecule has 0 aromatic carbocycles. The maximum absolute atomic E-state index is 7.13. The van der Waals surface area contributed by atoms with Crippen LogP contribution in [-0.2, 0) is 0 Å². The predicted molar refractivity (Wildman–Crippen MR) is 51.8 cm³/mol. The fourth-order valence-corrected chi connectivity index (χ4v) is 0.840. The van der Waals surface area contributed by atoms with Crippen LogP contribution in [-0.4, -0.2) is 22.3 Å². The molecule has 0 unspecified atom stereocenters. The molecule has 0 aliphatic rings. The van der Waals surface area contributed by atoms with Crippen LogP contribution in [0.2, 0.25) is 0 Å². The lowest BCUT2D eigenvalue weighted by atomic mass is 10.4. The van der Waals surface area contributed by atoms with Crippen molar-refractivity contribution >= 4 is 11.7 Å². The van der Waals surface area contributed by atoms with E-state index in [4.69, 9.17) is 11.1 Å².